The Morgan fingerprint density at radius 1 is 0.156 bits per heavy atom. The van der Waals surface area contributed by atoms with Gasteiger partial charge in [-0.1, -0.05) is 334 Å². The molecule has 0 unspecified atom stereocenters. The van der Waals surface area contributed by atoms with Crippen LogP contribution in [0, 0.1) is 47.4 Å². The molecule has 1 aliphatic rings. The number of hydrogen-bond acceptors (Lipinski definition) is 8. The lowest BCUT2D eigenvalue weighted by Crippen LogP contribution is -2.11. The lowest BCUT2D eigenvalue weighted by atomic mass is 9.88. The summed E-state index contributed by atoms with van der Waals surface area (Å²) >= 11 is 0. The van der Waals surface area contributed by atoms with Gasteiger partial charge in [0.1, 0.15) is 46.0 Å². The standard InChI is InChI=1S/C120H160O8/c1-9-17-21-25-29-33-37-41-45-49-81-121-113-69-61-97(62-70-113)53-57-101-85-105-93-107-87-102(58-54-98-63-71-114(72-64-98)122-82-50-46-42-38-34-30-26-22-18-10-2)89-109(118(107)126-78-14-6)95-111-91-104(60-56-100-67-75-116(76-68-100)124-84-52-48-44-40-36-32-28-24-20-12-4)92-112(120(111)128-80-16-8)96-110-90-103(88-108(119(110)127-79-15-7)94-106(86-101)117(105)125-77-13-5)59-55-99-65-73-115(74-66-99)123-83-51-47-43-39-35-31-27-23-19-11-3/h61-76,85-92H,9-52,77-84,93-96H2,1-8H3. The molecule has 9 rings (SSSR count). The van der Waals surface area contributed by atoms with Crippen molar-refractivity contribution in [1.82, 2.24) is 0 Å². The highest BCUT2D eigenvalue weighted by Crippen LogP contribution is 2.42. The minimum Gasteiger partial charge on any atom is -0.494 e. The summed E-state index contributed by atoms with van der Waals surface area (Å²) in [5.41, 5.74) is 15.1. The van der Waals surface area contributed by atoms with Crippen molar-refractivity contribution in [2.75, 3.05) is 52.9 Å². The van der Waals surface area contributed by atoms with Crippen LogP contribution in [0.1, 0.15) is 427 Å². The summed E-state index contributed by atoms with van der Waals surface area (Å²) < 4.78 is 54.3. The zero-order valence-electron chi connectivity index (χ0n) is 80.7. The van der Waals surface area contributed by atoms with E-state index < -0.39 is 0 Å². The molecule has 0 heterocycles. The number of benzene rings is 8. The molecule has 0 aromatic heterocycles. The van der Waals surface area contributed by atoms with E-state index in [-0.39, 0.29) is 0 Å². The monoisotopic (exact) mass is 1730 g/mol. The fourth-order valence-corrected chi connectivity index (χ4v) is 17.0. The van der Waals surface area contributed by atoms with Gasteiger partial charge in [-0.15, -0.1) is 0 Å². The van der Waals surface area contributed by atoms with Gasteiger partial charge in [-0.3, -0.25) is 0 Å². The van der Waals surface area contributed by atoms with E-state index >= 15 is 0 Å². The third-order valence-electron chi connectivity index (χ3n) is 24.2. The maximum Gasteiger partial charge on any atom is 0.126 e. The van der Waals surface area contributed by atoms with Gasteiger partial charge in [0.05, 0.1) is 52.9 Å². The molecule has 8 nitrogen and oxygen atoms in total. The third-order valence-corrected chi connectivity index (χ3v) is 24.2. The second-order valence-corrected chi connectivity index (χ2v) is 35.8. The number of fused-ring (bicyclic) bond motifs is 8. The van der Waals surface area contributed by atoms with Crippen molar-refractivity contribution in [3.8, 4) is 93.4 Å². The first kappa shape index (κ1) is 102. The molecule has 0 aliphatic heterocycles. The van der Waals surface area contributed by atoms with Crippen LogP contribution in [0.25, 0.3) is 0 Å². The second-order valence-electron chi connectivity index (χ2n) is 35.8. The first-order valence-electron chi connectivity index (χ1n) is 51.3. The molecule has 0 saturated carbocycles. The van der Waals surface area contributed by atoms with Crippen LogP contribution in [0.2, 0.25) is 0 Å². The van der Waals surface area contributed by atoms with E-state index in [1.165, 1.54) is 231 Å². The van der Waals surface area contributed by atoms with Gasteiger partial charge in [-0.05, 0) is 197 Å². The van der Waals surface area contributed by atoms with Crippen LogP contribution in [-0.4, -0.2) is 52.9 Å². The van der Waals surface area contributed by atoms with Crippen LogP contribution in [0.5, 0.6) is 46.0 Å². The van der Waals surface area contributed by atoms with Crippen molar-refractivity contribution in [3.63, 3.8) is 0 Å². The van der Waals surface area contributed by atoms with Gasteiger partial charge in [0.2, 0.25) is 0 Å². The number of ether oxygens (including phenoxy) is 8. The Hall–Kier alpha value is -9.60. The predicted molar refractivity (Wildman–Crippen MR) is 539 cm³/mol. The highest BCUT2D eigenvalue weighted by molar-refractivity contribution is 5.64. The quantitative estimate of drug-likeness (QED) is 0.0276. The predicted octanol–water partition coefficient (Wildman–Crippen LogP) is 32.3. The molecular weight excluding hydrogens is 1570 g/mol. The Morgan fingerprint density at radius 2 is 0.305 bits per heavy atom. The minimum atomic E-state index is 0.456. The Balaban J connectivity index is 1.14. The summed E-state index contributed by atoms with van der Waals surface area (Å²) in [4.78, 5) is 0. The van der Waals surface area contributed by atoms with Crippen LogP contribution in [0.3, 0.4) is 0 Å². The Labute approximate surface area is 777 Å². The molecule has 0 radical (unpaired) electrons. The van der Waals surface area contributed by atoms with E-state index in [2.05, 4.69) is 248 Å². The Kier molecular flexibility index (Phi) is 50.6. The molecule has 8 aromatic carbocycles. The maximum absolute atomic E-state index is 7.23. The Morgan fingerprint density at radius 3 is 0.461 bits per heavy atom. The lowest BCUT2D eigenvalue weighted by Gasteiger charge is -2.24. The molecule has 128 heavy (non-hydrogen) atoms. The second kappa shape index (κ2) is 63.4. The topological polar surface area (TPSA) is 73.8 Å². The van der Waals surface area contributed by atoms with E-state index in [9.17, 15) is 0 Å². The summed E-state index contributed by atoms with van der Waals surface area (Å²) in [6, 6.07) is 51.2. The smallest absolute Gasteiger partial charge is 0.126 e. The van der Waals surface area contributed by atoms with Gasteiger partial charge in [-0.25, -0.2) is 0 Å². The largest absolute Gasteiger partial charge is 0.494 e. The summed E-state index contributed by atoms with van der Waals surface area (Å²) in [6.45, 7) is 22.7. The van der Waals surface area contributed by atoms with Crippen LogP contribution >= 0.6 is 0 Å². The molecule has 0 fully saturated rings. The van der Waals surface area contributed by atoms with E-state index in [0.717, 1.165) is 186 Å². The highest BCUT2D eigenvalue weighted by Gasteiger charge is 2.25. The van der Waals surface area contributed by atoms with Crippen LogP contribution in [0.15, 0.2) is 146 Å². The molecule has 688 valence electrons. The average Bonchev–Trinajstić information content (AvgIpc) is 0.771. The lowest BCUT2D eigenvalue weighted by molar-refractivity contribution is 0.304. The fourth-order valence-electron chi connectivity index (χ4n) is 17.0. The first-order valence-corrected chi connectivity index (χ1v) is 51.3. The van der Waals surface area contributed by atoms with Crippen LogP contribution < -0.4 is 37.9 Å². The van der Waals surface area contributed by atoms with Crippen molar-refractivity contribution < 1.29 is 37.9 Å². The van der Waals surface area contributed by atoms with Crippen molar-refractivity contribution in [1.29, 1.82) is 0 Å². The summed E-state index contributed by atoms with van der Waals surface area (Å²) in [7, 11) is 0. The van der Waals surface area contributed by atoms with Gasteiger partial charge in [0.25, 0.3) is 0 Å². The molecule has 1 aliphatic carbocycles. The summed E-state index contributed by atoms with van der Waals surface area (Å²) in [6.07, 6.45) is 56.6. The zero-order chi connectivity index (χ0) is 89.7. The molecule has 8 heteroatoms. The van der Waals surface area contributed by atoms with E-state index in [1.807, 2.05) is 0 Å². The van der Waals surface area contributed by atoms with Crippen molar-refractivity contribution in [2.24, 2.45) is 0 Å². The molecule has 0 saturated heterocycles. The molecule has 8 bridgehead atoms. The third kappa shape index (κ3) is 39.4. The summed E-state index contributed by atoms with van der Waals surface area (Å²) in [5, 5.41) is 0. The van der Waals surface area contributed by atoms with E-state index in [4.69, 9.17) is 37.9 Å². The van der Waals surface area contributed by atoms with Gasteiger partial charge in [0, 0.05) is 115 Å². The van der Waals surface area contributed by atoms with E-state index in [1.54, 1.807) is 0 Å². The molecule has 0 amide bonds. The average molecular weight is 1730 g/mol. The van der Waals surface area contributed by atoms with Crippen LogP contribution in [0.4, 0.5) is 0 Å². The molecule has 8 aromatic rings. The number of hydrogen-bond donors (Lipinski definition) is 0. The molecule has 0 N–H and O–H groups in total. The van der Waals surface area contributed by atoms with Crippen LogP contribution in [-0.2, 0) is 25.7 Å². The van der Waals surface area contributed by atoms with Gasteiger partial charge in [0.15, 0.2) is 0 Å². The first-order chi connectivity index (χ1) is 63.2. The van der Waals surface area contributed by atoms with E-state index in [0.29, 0.717) is 78.5 Å². The van der Waals surface area contributed by atoms with Crippen molar-refractivity contribution in [3.05, 3.63) is 235 Å². The molecule has 0 spiro atoms. The minimum absolute atomic E-state index is 0.456. The number of unbranched alkanes of at least 4 members (excludes halogenated alkanes) is 36. The fraction of sp³-hybridized carbons (Fsp3) is 0.533. The van der Waals surface area contributed by atoms with Gasteiger partial charge >= 0.3 is 0 Å². The van der Waals surface area contributed by atoms with Crippen molar-refractivity contribution >= 4 is 0 Å². The zero-order valence-corrected chi connectivity index (χ0v) is 80.7. The van der Waals surface area contributed by atoms with Gasteiger partial charge in [-0.2, -0.15) is 0 Å². The van der Waals surface area contributed by atoms with Gasteiger partial charge < -0.3 is 37.9 Å². The molecular formula is C120H160O8. The van der Waals surface area contributed by atoms with Crippen molar-refractivity contribution in [2.45, 2.75) is 364 Å². The summed E-state index contributed by atoms with van der Waals surface area (Å²) in [5.74, 6) is 36.1. The maximum atomic E-state index is 7.23. The number of rotatable bonds is 60. The highest BCUT2D eigenvalue weighted by atomic mass is 16.5. The normalized spacial score (nSPS) is 11.4. The SMILES string of the molecule is CCCCCCCCCCCCOc1ccc(C#Cc2cc3c(OCCC)c(c2)Cc2cc(C#Cc4ccc(OCCCCCCCCCCCC)cc4)cc(c2OCCC)Cc2cc(C#Cc4ccc(OCCCCCCCCCCCC)cc4)cc(c2OCCC)Cc2cc(C#Cc4ccc(OCCCCCCCCCCCC)cc4)cc(c2OCCC)C3)cc1. The Bertz CT molecular complexity index is 3980. The molecule has 0 atom stereocenters.